The van der Waals surface area contributed by atoms with E-state index in [1.807, 2.05) is 6.07 Å². The second kappa shape index (κ2) is 6.12. The highest BCUT2D eigenvalue weighted by molar-refractivity contribution is 7.89. The van der Waals surface area contributed by atoms with Crippen LogP contribution in [0.4, 0.5) is 0 Å². The van der Waals surface area contributed by atoms with Gasteiger partial charge in [0.2, 0.25) is 10.0 Å². The Morgan fingerprint density at radius 3 is 2.85 bits per heavy atom. The Bertz CT molecular complexity index is 667. The molecule has 0 unspecified atom stereocenters. The lowest BCUT2D eigenvalue weighted by atomic mass is 10.1. The van der Waals surface area contributed by atoms with E-state index in [1.54, 1.807) is 19.1 Å². The molecule has 0 aliphatic carbocycles. The molecule has 1 aromatic carbocycles. The predicted octanol–water partition coefficient (Wildman–Crippen LogP) is 0.0928. The smallest absolute Gasteiger partial charge is 0.240 e. The van der Waals surface area contributed by atoms with E-state index in [9.17, 15) is 8.42 Å². The third-order valence-electron chi connectivity index (χ3n) is 2.90. The zero-order chi connectivity index (χ0) is 14.6. The van der Waals surface area contributed by atoms with Crippen molar-refractivity contribution in [3.05, 3.63) is 41.5 Å². The Balaban J connectivity index is 2.09. The first-order valence-corrected chi connectivity index (χ1v) is 7.65. The number of benzene rings is 1. The zero-order valence-electron chi connectivity index (χ0n) is 11.1. The number of aryl methyl sites for hydroxylation is 1. The van der Waals surface area contributed by atoms with Gasteiger partial charge in [0.15, 0.2) is 0 Å². The van der Waals surface area contributed by atoms with Gasteiger partial charge in [0, 0.05) is 19.5 Å². The number of aromatic amines is 1. The summed E-state index contributed by atoms with van der Waals surface area (Å²) in [4.78, 5) is 4.20. The van der Waals surface area contributed by atoms with E-state index in [0.29, 0.717) is 24.4 Å². The van der Waals surface area contributed by atoms with E-state index >= 15 is 0 Å². The number of hydrogen-bond acceptors (Lipinski definition) is 5. The molecule has 0 bridgehead atoms. The van der Waals surface area contributed by atoms with Crippen LogP contribution in [0.1, 0.15) is 17.0 Å². The van der Waals surface area contributed by atoms with Crippen LogP contribution in [0.5, 0.6) is 0 Å². The molecule has 1 aromatic heterocycles. The molecular formula is C12H17N5O2S. The van der Waals surface area contributed by atoms with Crippen LogP contribution < -0.4 is 10.5 Å². The van der Waals surface area contributed by atoms with Crippen molar-refractivity contribution >= 4 is 10.0 Å². The number of aromatic nitrogens is 3. The minimum atomic E-state index is -3.54. The molecule has 1 heterocycles. The molecule has 2 aromatic rings. The molecule has 108 valence electrons. The molecule has 0 aliphatic heterocycles. The number of nitrogens with one attached hydrogen (secondary N) is 2. The minimum absolute atomic E-state index is 0.254. The third kappa shape index (κ3) is 3.41. The highest BCUT2D eigenvalue weighted by Gasteiger charge is 2.16. The monoisotopic (exact) mass is 295 g/mol. The Labute approximate surface area is 117 Å². The van der Waals surface area contributed by atoms with Gasteiger partial charge >= 0.3 is 0 Å². The van der Waals surface area contributed by atoms with Crippen LogP contribution in [0, 0.1) is 6.92 Å². The largest absolute Gasteiger partial charge is 0.326 e. The van der Waals surface area contributed by atoms with Crippen molar-refractivity contribution in [3.8, 4) is 0 Å². The molecule has 0 aliphatic rings. The van der Waals surface area contributed by atoms with E-state index in [0.717, 1.165) is 5.56 Å². The number of rotatable bonds is 6. The van der Waals surface area contributed by atoms with Gasteiger partial charge in [-0.2, -0.15) is 5.10 Å². The summed E-state index contributed by atoms with van der Waals surface area (Å²) in [7, 11) is -3.54. The number of hydrogen-bond donors (Lipinski definition) is 3. The van der Waals surface area contributed by atoms with Gasteiger partial charge in [-0.15, -0.1) is 0 Å². The fourth-order valence-corrected chi connectivity index (χ4v) is 3.12. The molecule has 0 spiro atoms. The molecular weight excluding hydrogens is 278 g/mol. The SMILES string of the molecule is Cc1ccc(CN)cc1S(=O)(=O)NCCc1ncn[nH]1. The molecule has 0 radical (unpaired) electrons. The Hall–Kier alpha value is -1.77. The lowest BCUT2D eigenvalue weighted by Gasteiger charge is -2.10. The first-order chi connectivity index (χ1) is 9.53. The first kappa shape index (κ1) is 14.6. The van der Waals surface area contributed by atoms with Gasteiger partial charge in [-0.05, 0) is 24.1 Å². The van der Waals surface area contributed by atoms with Gasteiger partial charge in [0.05, 0.1) is 4.90 Å². The zero-order valence-corrected chi connectivity index (χ0v) is 11.9. The van der Waals surface area contributed by atoms with E-state index in [1.165, 1.54) is 6.33 Å². The normalized spacial score (nSPS) is 11.7. The van der Waals surface area contributed by atoms with Crippen LogP contribution in [-0.4, -0.2) is 30.1 Å². The average Bonchev–Trinajstić information content (AvgIpc) is 2.92. The molecule has 0 saturated heterocycles. The molecule has 2 rings (SSSR count). The molecule has 0 atom stereocenters. The molecule has 8 heteroatoms. The average molecular weight is 295 g/mol. The van der Waals surface area contributed by atoms with Crippen LogP contribution in [0.25, 0.3) is 0 Å². The number of H-pyrrole nitrogens is 1. The summed E-state index contributed by atoms with van der Waals surface area (Å²) < 4.78 is 27.1. The summed E-state index contributed by atoms with van der Waals surface area (Å²) in [6, 6.07) is 5.18. The number of sulfonamides is 1. The lowest BCUT2D eigenvalue weighted by Crippen LogP contribution is -2.27. The fourth-order valence-electron chi connectivity index (χ4n) is 1.79. The molecule has 4 N–H and O–H groups in total. The second-order valence-electron chi connectivity index (χ2n) is 4.38. The van der Waals surface area contributed by atoms with Crippen molar-refractivity contribution in [3.63, 3.8) is 0 Å². The Morgan fingerprint density at radius 1 is 1.40 bits per heavy atom. The van der Waals surface area contributed by atoms with Gasteiger partial charge in [0.25, 0.3) is 0 Å². The summed E-state index contributed by atoms with van der Waals surface area (Å²) in [5, 5.41) is 6.39. The topological polar surface area (TPSA) is 114 Å². The van der Waals surface area contributed by atoms with Crippen molar-refractivity contribution in [2.45, 2.75) is 24.8 Å². The summed E-state index contributed by atoms with van der Waals surface area (Å²) in [5.74, 6) is 0.639. The van der Waals surface area contributed by atoms with E-state index < -0.39 is 10.0 Å². The van der Waals surface area contributed by atoms with Crippen molar-refractivity contribution in [1.29, 1.82) is 0 Å². The fraction of sp³-hybridized carbons (Fsp3) is 0.333. The van der Waals surface area contributed by atoms with Gasteiger partial charge < -0.3 is 5.73 Å². The van der Waals surface area contributed by atoms with Crippen LogP contribution in [-0.2, 0) is 23.0 Å². The summed E-state index contributed by atoms with van der Waals surface area (Å²) in [6.45, 7) is 2.32. The van der Waals surface area contributed by atoms with Gasteiger partial charge in [-0.3, -0.25) is 5.10 Å². The van der Waals surface area contributed by atoms with Crippen molar-refractivity contribution in [1.82, 2.24) is 19.9 Å². The second-order valence-corrected chi connectivity index (χ2v) is 6.12. The summed E-state index contributed by atoms with van der Waals surface area (Å²) in [6.07, 6.45) is 1.84. The highest BCUT2D eigenvalue weighted by Crippen LogP contribution is 2.16. The van der Waals surface area contributed by atoms with Crippen LogP contribution >= 0.6 is 0 Å². The van der Waals surface area contributed by atoms with Crippen LogP contribution in [0.15, 0.2) is 29.4 Å². The van der Waals surface area contributed by atoms with E-state index in [4.69, 9.17) is 5.73 Å². The summed E-state index contributed by atoms with van der Waals surface area (Å²) in [5.41, 5.74) is 7.01. The van der Waals surface area contributed by atoms with E-state index in [-0.39, 0.29) is 11.4 Å². The number of nitrogens with zero attached hydrogens (tertiary/aromatic N) is 2. The van der Waals surface area contributed by atoms with Gasteiger partial charge in [0.1, 0.15) is 12.2 Å². The highest BCUT2D eigenvalue weighted by atomic mass is 32.2. The quantitative estimate of drug-likeness (QED) is 0.699. The van der Waals surface area contributed by atoms with Crippen LogP contribution in [0.2, 0.25) is 0 Å². The van der Waals surface area contributed by atoms with Gasteiger partial charge in [-0.1, -0.05) is 12.1 Å². The Kier molecular flexibility index (Phi) is 4.48. The minimum Gasteiger partial charge on any atom is -0.326 e. The van der Waals surface area contributed by atoms with Crippen LogP contribution in [0.3, 0.4) is 0 Å². The maximum Gasteiger partial charge on any atom is 0.240 e. The van der Waals surface area contributed by atoms with E-state index in [2.05, 4.69) is 19.9 Å². The lowest BCUT2D eigenvalue weighted by molar-refractivity contribution is 0.580. The number of nitrogens with two attached hydrogens (primary N) is 1. The van der Waals surface area contributed by atoms with Crippen molar-refractivity contribution in [2.75, 3.05) is 6.54 Å². The Morgan fingerprint density at radius 2 is 2.20 bits per heavy atom. The maximum absolute atomic E-state index is 12.3. The van der Waals surface area contributed by atoms with Gasteiger partial charge in [-0.25, -0.2) is 18.1 Å². The predicted molar refractivity (Wildman–Crippen MR) is 74.3 cm³/mol. The molecule has 0 fully saturated rings. The molecule has 20 heavy (non-hydrogen) atoms. The first-order valence-electron chi connectivity index (χ1n) is 6.16. The molecule has 0 saturated carbocycles. The third-order valence-corrected chi connectivity index (χ3v) is 4.50. The van der Waals surface area contributed by atoms with Crippen molar-refractivity contribution in [2.24, 2.45) is 5.73 Å². The summed E-state index contributed by atoms with van der Waals surface area (Å²) >= 11 is 0. The molecule has 7 nitrogen and oxygen atoms in total. The van der Waals surface area contributed by atoms with Crippen molar-refractivity contribution < 1.29 is 8.42 Å². The maximum atomic E-state index is 12.3. The molecule has 0 amide bonds. The standard InChI is InChI=1S/C12H17N5O2S/c1-9-2-3-10(7-13)6-11(9)20(18,19)16-5-4-12-14-8-15-17-12/h2-3,6,8,16H,4-5,7,13H2,1H3,(H,14,15,17).